The molecule has 0 aliphatic rings. The van der Waals surface area contributed by atoms with Gasteiger partial charge in [-0.05, 0) is 44.2 Å². The Labute approximate surface area is 168 Å². The van der Waals surface area contributed by atoms with E-state index in [0.717, 1.165) is 29.9 Å². The van der Waals surface area contributed by atoms with E-state index in [1.165, 1.54) is 31.7 Å². The monoisotopic (exact) mass is 381 g/mol. The largest absolute Gasteiger partial charge is 0.322 e. The summed E-state index contributed by atoms with van der Waals surface area (Å²) in [5.41, 5.74) is 7.29. The number of hydrogen-bond acceptors (Lipinski definition) is 2. The van der Waals surface area contributed by atoms with Gasteiger partial charge in [0.2, 0.25) is 0 Å². The Kier molecular flexibility index (Phi) is 17.5. The highest BCUT2D eigenvalue weighted by atomic mass is 19.1. The van der Waals surface area contributed by atoms with E-state index in [4.69, 9.17) is 5.73 Å². The average Bonchev–Trinajstić information content (AvgIpc) is 2.63. The third-order valence-electron chi connectivity index (χ3n) is 4.51. The van der Waals surface area contributed by atoms with Crippen molar-refractivity contribution >= 4 is 5.78 Å². The predicted octanol–water partition coefficient (Wildman–Crippen LogP) is 6.87. The number of unbranched alkanes of at least 4 members (excludes halogenated alkanes) is 2. The van der Waals surface area contributed by atoms with Gasteiger partial charge >= 0.3 is 0 Å². The highest BCUT2D eigenvalue weighted by Crippen LogP contribution is 2.09. The van der Waals surface area contributed by atoms with Crippen LogP contribution in [0.1, 0.15) is 91.7 Å². The van der Waals surface area contributed by atoms with Crippen molar-refractivity contribution in [1.29, 1.82) is 0 Å². The summed E-state index contributed by atoms with van der Waals surface area (Å²) in [4.78, 5) is 10.9. The Hall–Kier alpha value is -1.22. The maximum atomic E-state index is 12.8. The fraction of sp³-hybridized carbons (Fsp3) is 0.708. The summed E-state index contributed by atoms with van der Waals surface area (Å²) in [6, 6.07) is 4.90. The number of benzene rings is 1. The highest BCUT2D eigenvalue weighted by molar-refractivity contribution is 5.85. The molecule has 0 aliphatic carbocycles. The van der Waals surface area contributed by atoms with Gasteiger partial charge < -0.3 is 5.73 Å². The number of carbonyl (C=O) groups is 1. The predicted molar refractivity (Wildman–Crippen MR) is 118 cm³/mol. The molecular weight excluding hydrogens is 337 g/mol. The zero-order valence-corrected chi connectivity index (χ0v) is 19.1. The van der Waals surface area contributed by atoms with Gasteiger partial charge in [0.15, 0.2) is 5.78 Å². The van der Waals surface area contributed by atoms with Gasteiger partial charge in [0.1, 0.15) is 5.82 Å². The molecule has 2 nitrogen and oxygen atoms in total. The van der Waals surface area contributed by atoms with Crippen molar-refractivity contribution in [2.75, 3.05) is 0 Å². The summed E-state index contributed by atoms with van der Waals surface area (Å²) in [6.45, 7) is 16.4. The summed E-state index contributed by atoms with van der Waals surface area (Å²) in [5.74, 6) is 1.11. The molecule has 0 heterocycles. The number of aryl methyl sites for hydroxylation is 2. The maximum Gasteiger partial charge on any atom is 0.152 e. The molecule has 1 aromatic carbocycles. The van der Waals surface area contributed by atoms with Crippen LogP contribution in [0.15, 0.2) is 18.2 Å². The molecule has 1 rings (SSSR count). The first-order valence-electron chi connectivity index (χ1n) is 10.6. The lowest BCUT2D eigenvalue weighted by Gasteiger charge is -2.08. The molecule has 0 saturated carbocycles. The number of rotatable bonds is 8. The first kappa shape index (κ1) is 28.0. The Morgan fingerprint density at radius 3 is 2.00 bits per heavy atom. The third-order valence-corrected chi connectivity index (χ3v) is 4.51. The van der Waals surface area contributed by atoms with Gasteiger partial charge in [0, 0.05) is 5.92 Å². The molecule has 2 atom stereocenters. The van der Waals surface area contributed by atoms with Crippen molar-refractivity contribution in [2.45, 2.75) is 100.0 Å². The molecule has 0 bridgehead atoms. The van der Waals surface area contributed by atoms with E-state index in [1.807, 2.05) is 33.8 Å². The fourth-order valence-corrected chi connectivity index (χ4v) is 2.43. The van der Waals surface area contributed by atoms with Crippen LogP contribution in [0.5, 0.6) is 0 Å². The lowest BCUT2D eigenvalue weighted by atomic mass is 9.99. The highest BCUT2D eigenvalue weighted by Gasteiger charge is 2.13. The van der Waals surface area contributed by atoms with Gasteiger partial charge in [-0.1, -0.05) is 84.9 Å². The summed E-state index contributed by atoms with van der Waals surface area (Å²) >= 11 is 0. The fourth-order valence-electron chi connectivity index (χ4n) is 2.43. The van der Waals surface area contributed by atoms with Gasteiger partial charge in [-0.15, -0.1) is 0 Å². The minimum Gasteiger partial charge on any atom is -0.322 e. The summed E-state index contributed by atoms with van der Waals surface area (Å²) in [5, 5.41) is 0. The van der Waals surface area contributed by atoms with Gasteiger partial charge in [-0.25, -0.2) is 4.39 Å². The van der Waals surface area contributed by atoms with Crippen LogP contribution in [-0.2, 0) is 11.2 Å². The van der Waals surface area contributed by atoms with Crippen LogP contribution >= 0.6 is 0 Å². The summed E-state index contributed by atoms with van der Waals surface area (Å²) in [6.07, 6.45) is 7.26. The van der Waals surface area contributed by atoms with E-state index >= 15 is 0 Å². The SMILES string of the molecule is CCC(C)C(=O)C(C)N.CCCCCC(C)C.CCc1cc(C)ccc1F. The number of hydrogen-bond donors (Lipinski definition) is 1. The topological polar surface area (TPSA) is 43.1 Å². The molecule has 3 heteroatoms. The van der Waals surface area contributed by atoms with Crippen molar-refractivity contribution in [2.24, 2.45) is 17.6 Å². The van der Waals surface area contributed by atoms with Crippen molar-refractivity contribution in [1.82, 2.24) is 0 Å². The minimum absolute atomic E-state index is 0.0897. The zero-order valence-electron chi connectivity index (χ0n) is 19.1. The van der Waals surface area contributed by atoms with Crippen LogP contribution in [0.25, 0.3) is 0 Å². The minimum atomic E-state index is -0.292. The van der Waals surface area contributed by atoms with E-state index in [-0.39, 0.29) is 23.6 Å². The molecule has 2 unspecified atom stereocenters. The molecular formula is C24H44FNO. The molecule has 158 valence electrons. The van der Waals surface area contributed by atoms with E-state index < -0.39 is 0 Å². The van der Waals surface area contributed by atoms with E-state index in [9.17, 15) is 9.18 Å². The van der Waals surface area contributed by atoms with Crippen molar-refractivity contribution in [3.05, 3.63) is 35.1 Å². The van der Waals surface area contributed by atoms with Crippen LogP contribution in [0.2, 0.25) is 0 Å². The Balaban J connectivity index is 0. The van der Waals surface area contributed by atoms with Gasteiger partial charge in [0.25, 0.3) is 0 Å². The smallest absolute Gasteiger partial charge is 0.152 e. The number of nitrogens with two attached hydrogens (primary N) is 1. The number of carbonyl (C=O) groups excluding carboxylic acids is 1. The molecule has 0 aromatic heterocycles. The lowest BCUT2D eigenvalue weighted by Crippen LogP contribution is -2.31. The Morgan fingerprint density at radius 2 is 1.67 bits per heavy atom. The molecule has 0 saturated heterocycles. The van der Waals surface area contributed by atoms with Crippen molar-refractivity contribution in [3.63, 3.8) is 0 Å². The maximum absolute atomic E-state index is 12.8. The van der Waals surface area contributed by atoms with E-state index in [1.54, 1.807) is 13.0 Å². The van der Waals surface area contributed by atoms with E-state index in [0.29, 0.717) is 0 Å². The molecule has 0 aliphatic heterocycles. The first-order chi connectivity index (χ1) is 12.6. The van der Waals surface area contributed by atoms with Crippen LogP contribution in [0.4, 0.5) is 4.39 Å². The molecule has 2 N–H and O–H groups in total. The molecule has 0 spiro atoms. The number of halogens is 1. The second-order valence-electron chi connectivity index (χ2n) is 7.84. The number of ketones is 1. The van der Waals surface area contributed by atoms with Gasteiger partial charge in [-0.2, -0.15) is 0 Å². The molecule has 0 fully saturated rings. The van der Waals surface area contributed by atoms with Crippen LogP contribution in [0, 0.1) is 24.6 Å². The molecule has 0 radical (unpaired) electrons. The second-order valence-corrected chi connectivity index (χ2v) is 7.84. The zero-order chi connectivity index (χ0) is 21.4. The van der Waals surface area contributed by atoms with Gasteiger partial charge in [-0.3, -0.25) is 4.79 Å². The molecule has 0 amide bonds. The Bertz CT molecular complexity index is 497. The van der Waals surface area contributed by atoms with Gasteiger partial charge in [0.05, 0.1) is 6.04 Å². The van der Waals surface area contributed by atoms with Crippen LogP contribution < -0.4 is 5.73 Å². The van der Waals surface area contributed by atoms with Crippen molar-refractivity contribution in [3.8, 4) is 0 Å². The number of Topliss-reactive ketones (excluding diaryl/α,β-unsaturated/α-hetero) is 1. The lowest BCUT2D eigenvalue weighted by molar-refractivity contribution is -0.123. The molecule has 1 aromatic rings. The normalized spacial score (nSPS) is 12.4. The first-order valence-corrected chi connectivity index (χ1v) is 10.6. The summed E-state index contributed by atoms with van der Waals surface area (Å²) in [7, 11) is 0. The van der Waals surface area contributed by atoms with E-state index in [2.05, 4.69) is 20.8 Å². The third kappa shape index (κ3) is 15.5. The van der Waals surface area contributed by atoms with Crippen molar-refractivity contribution < 1.29 is 9.18 Å². The molecule has 27 heavy (non-hydrogen) atoms. The summed E-state index contributed by atoms with van der Waals surface area (Å²) < 4.78 is 12.8. The standard InChI is InChI=1S/C9H11F.C8H18.C7H15NO/c1-3-8-6-7(2)4-5-9(8)10;1-4-5-6-7-8(2)3;1-4-5(2)7(9)6(3)8/h4-6H,3H2,1-2H3;8H,4-7H2,1-3H3;5-6H,4,8H2,1-3H3. The Morgan fingerprint density at radius 1 is 1.07 bits per heavy atom. The average molecular weight is 382 g/mol. The van der Waals surface area contributed by atoms with Crippen LogP contribution in [0.3, 0.4) is 0 Å². The van der Waals surface area contributed by atoms with Crippen LogP contribution in [-0.4, -0.2) is 11.8 Å². The second kappa shape index (κ2) is 16.9. The quantitative estimate of drug-likeness (QED) is 0.499.